The lowest BCUT2D eigenvalue weighted by Crippen LogP contribution is -1.89. The first-order chi connectivity index (χ1) is 6.17. The van der Waals surface area contributed by atoms with Crippen molar-refractivity contribution in [2.24, 2.45) is 0 Å². The summed E-state index contributed by atoms with van der Waals surface area (Å²) >= 11 is 0. The van der Waals surface area contributed by atoms with Crippen molar-refractivity contribution in [3.8, 4) is 0 Å². The number of phosphoric ester groups is 1. The summed E-state index contributed by atoms with van der Waals surface area (Å²) in [6.45, 7) is 0.258. The fourth-order valence-corrected chi connectivity index (χ4v) is 1.86. The van der Waals surface area contributed by atoms with Gasteiger partial charge in [0.1, 0.15) is 0 Å². The Labute approximate surface area is 75.7 Å². The summed E-state index contributed by atoms with van der Waals surface area (Å²) in [7, 11) is -3.81. The molecule has 1 aliphatic heterocycles. The number of rotatable bonds is 0. The Morgan fingerprint density at radius 1 is 1.15 bits per heavy atom. The zero-order valence-electron chi connectivity index (χ0n) is 6.84. The van der Waals surface area contributed by atoms with Gasteiger partial charge >= 0.3 is 7.82 Å². The van der Waals surface area contributed by atoms with Crippen LogP contribution in [0.3, 0.4) is 0 Å². The van der Waals surface area contributed by atoms with E-state index in [1.165, 1.54) is 0 Å². The Morgan fingerprint density at radius 3 is 2.08 bits per heavy atom. The van der Waals surface area contributed by atoms with Gasteiger partial charge in [0.15, 0.2) is 0 Å². The standard InChI is InChI=1S/C8H9O4P/c9-13(10)11-5-7-3-1-2-4-8(7)6-12-13/h1-4H,5-6H2,(H,9,10). The molecule has 13 heavy (non-hydrogen) atoms. The van der Waals surface area contributed by atoms with Crippen LogP contribution in [-0.2, 0) is 26.8 Å². The molecule has 1 aromatic carbocycles. The van der Waals surface area contributed by atoms with E-state index in [0.29, 0.717) is 0 Å². The molecule has 0 spiro atoms. The van der Waals surface area contributed by atoms with Crippen LogP contribution in [0.5, 0.6) is 0 Å². The van der Waals surface area contributed by atoms with E-state index in [1.807, 2.05) is 24.3 Å². The summed E-state index contributed by atoms with van der Waals surface area (Å²) in [6, 6.07) is 7.42. The van der Waals surface area contributed by atoms with E-state index in [-0.39, 0.29) is 13.2 Å². The molecule has 5 heteroatoms. The van der Waals surface area contributed by atoms with E-state index in [2.05, 4.69) is 0 Å². The van der Waals surface area contributed by atoms with Gasteiger partial charge < -0.3 is 4.89 Å². The van der Waals surface area contributed by atoms with E-state index in [0.717, 1.165) is 11.1 Å². The molecule has 1 aliphatic rings. The van der Waals surface area contributed by atoms with Crippen LogP contribution in [0.25, 0.3) is 0 Å². The normalized spacial score (nSPS) is 20.4. The van der Waals surface area contributed by atoms with Crippen LogP contribution in [0, 0.1) is 0 Å². The van der Waals surface area contributed by atoms with E-state index in [4.69, 9.17) is 13.9 Å². The Morgan fingerprint density at radius 2 is 1.62 bits per heavy atom. The average molecular weight is 200 g/mol. The Hall–Kier alpha value is -0.670. The highest BCUT2D eigenvalue weighted by molar-refractivity contribution is 7.47. The maximum atomic E-state index is 11.0. The second kappa shape index (κ2) is 3.24. The molecule has 2 rings (SSSR count). The number of hydrogen-bond donors (Lipinski definition) is 1. The molecule has 1 aromatic rings. The van der Waals surface area contributed by atoms with Crippen molar-refractivity contribution in [1.29, 1.82) is 0 Å². The summed E-state index contributed by atoms with van der Waals surface area (Å²) in [5.41, 5.74) is 1.79. The summed E-state index contributed by atoms with van der Waals surface area (Å²) in [5.74, 6) is 0. The van der Waals surface area contributed by atoms with Crippen molar-refractivity contribution in [3.05, 3.63) is 35.4 Å². The van der Waals surface area contributed by atoms with Crippen LogP contribution in [0.15, 0.2) is 24.3 Å². The fourth-order valence-electron chi connectivity index (χ4n) is 1.18. The topological polar surface area (TPSA) is 55.8 Å². The molecule has 0 amide bonds. The molecule has 0 aliphatic carbocycles. The van der Waals surface area contributed by atoms with E-state index in [9.17, 15) is 4.57 Å². The summed E-state index contributed by atoms with van der Waals surface area (Å²) in [4.78, 5) is 9.04. The minimum absolute atomic E-state index is 0.129. The van der Waals surface area contributed by atoms with Gasteiger partial charge in [-0.05, 0) is 11.1 Å². The lowest BCUT2D eigenvalue weighted by molar-refractivity contribution is 0.149. The van der Waals surface area contributed by atoms with Crippen LogP contribution in [-0.4, -0.2) is 4.89 Å². The molecular weight excluding hydrogens is 191 g/mol. The molecule has 70 valence electrons. The van der Waals surface area contributed by atoms with Gasteiger partial charge in [-0.25, -0.2) is 4.57 Å². The van der Waals surface area contributed by atoms with Crippen LogP contribution in [0.4, 0.5) is 0 Å². The molecule has 0 bridgehead atoms. The number of phosphoric acid groups is 1. The molecule has 4 nitrogen and oxygen atoms in total. The van der Waals surface area contributed by atoms with E-state index in [1.54, 1.807) is 0 Å². The molecule has 0 fully saturated rings. The van der Waals surface area contributed by atoms with Crippen molar-refractivity contribution in [2.45, 2.75) is 13.2 Å². The molecule has 0 aromatic heterocycles. The first kappa shape index (κ1) is 8.91. The SMILES string of the molecule is O=P1(O)OCc2ccccc2CO1. The van der Waals surface area contributed by atoms with Crippen LogP contribution >= 0.6 is 7.82 Å². The highest BCUT2D eigenvalue weighted by Crippen LogP contribution is 2.47. The Balaban J connectivity index is 2.32. The maximum Gasteiger partial charge on any atom is 0.472 e. The van der Waals surface area contributed by atoms with E-state index < -0.39 is 7.82 Å². The van der Waals surface area contributed by atoms with E-state index >= 15 is 0 Å². The fraction of sp³-hybridized carbons (Fsp3) is 0.250. The van der Waals surface area contributed by atoms with Gasteiger partial charge in [-0.1, -0.05) is 24.3 Å². The lowest BCUT2D eigenvalue weighted by Gasteiger charge is -2.05. The van der Waals surface area contributed by atoms with Gasteiger partial charge in [0.2, 0.25) is 0 Å². The number of hydrogen-bond acceptors (Lipinski definition) is 3. The zero-order valence-corrected chi connectivity index (χ0v) is 7.74. The monoisotopic (exact) mass is 200 g/mol. The molecule has 1 N–H and O–H groups in total. The first-order valence-corrected chi connectivity index (χ1v) is 5.35. The number of benzene rings is 1. The Bertz CT molecular complexity index is 332. The third kappa shape index (κ3) is 1.98. The largest absolute Gasteiger partial charge is 0.472 e. The highest BCUT2D eigenvalue weighted by atomic mass is 31.2. The van der Waals surface area contributed by atoms with Crippen molar-refractivity contribution in [2.75, 3.05) is 0 Å². The van der Waals surface area contributed by atoms with Crippen LogP contribution in [0.2, 0.25) is 0 Å². The van der Waals surface area contributed by atoms with Crippen LogP contribution in [0.1, 0.15) is 11.1 Å². The quantitative estimate of drug-likeness (QED) is 0.649. The van der Waals surface area contributed by atoms with Crippen LogP contribution < -0.4 is 0 Å². The minimum Gasteiger partial charge on any atom is -0.302 e. The summed E-state index contributed by atoms with van der Waals surface area (Å²) < 4.78 is 20.4. The molecule has 0 unspecified atom stereocenters. The molecule has 0 saturated carbocycles. The molecular formula is C8H9O4P. The minimum atomic E-state index is -3.81. The van der Waals surface area contributed by atoms with Gasteiger partial charge in [0, 0.05) is 0 Å². The smallest absolute Gasteiger partial charge is 0.302 e. The highest BCUT2D eigenvalue weighted by Gasteiger charge is 2.25. The lowest BCUT2D eigenvalue weighted by atomic mass is 10.1. The predicted octanol–water partition coefficient (Wildman–Crippen LogP) is 1.83. The van der Waals surface area contributed by atoms with Crippen molar-refractivity contribution in [1.82, 2.24) is 0 Å². The van der Waals surface area contributed by atoms with Crippen molar-refractivity contribution < 1.29 is 18.5 Å². The Kier molecular flexibility index (Phi) is 2.22. The van der Waals surface area contributed by atoms with Gasteiger partial charge in [0.05, 0.1) is 13.2 Å². The van der Waals surface area contributed by atoms with Gasteiger partial charge in [-0.15, -0.1) is 0 Å². The first-order valence-electron chi connectivity index (χ1n) is 3.86. The third-order valence-corrected chi connectivity index (χ3v) is 2.80. The molecule has 0 saturated heterocycles. The molecule has 1 heterocycles. The predicted molar refractivity (Wildman–Crippen MR) is 45.8 cm³/mol. The maximum absolute atomic E-state index is 11.0. The third-order valence-electron chi connectivity index (χ3n) is 1.88. The average Bonchev–Trinajstić information content (AvgIpc) is 2.27. The van der Waals surface area contributed by atoms with Crippen molar-refractivity contribution >= 4 is 7.82 Å². The second-order valence-electron chi connectivity index (χ2n) is 2.78. The molecule has 0 radical (unpaired) electrons. The number of fused-ring (bicyclic) bond motifs is 1. The zero-order chi connectivity index (χ0) is 9.31. The second-order valence-corrected chi connectivity index (χ2v) is 4.24. The summed E-state index contributed by atoms with van der Waals surface area (Å²) in [6.07, 6.45) is 0. The molecule has 0 atom stereocenters. The van der Waals surface area contributed by atoms with Crippen molar-refractivity contribution in [3.63, 3.8) is 0 Å². The summed E-state index contributed by atoms with van der Waals surface area (Å²) in [5, 5.41) is 0. The van der Waals surface area contributed by atoms with Gasteiger partial charge in [-0.2, -0.15) is 0 Å². The van der Waals surface area contributed by atoms with Gasteiger partial charge in [0.25, 0.3) is 0 Å². The van der Waals surface area contributed by atoms with Gasteiger partial charge in [-0.3, -0.25) is 9.05 Å².